The Hall–Kier alpha value is -1.76. The minimum Gasteiger partial charge on any atom is -0.478 e. The zero-order valence-corrected chi connectivity index (χ0v) is 8.16. The van der Waals surface area contributed by atoms with Gasteiger partial charge in [0.15, 0.2) is 0 Å². The molecule has 74 valence electrons. The van der Waals surface area contributed by atoms with Crippen molar-refractivity contribution in [2.75, 3.05) is 18.5 Å². The van der Waals surface area contributed by atoms with Gasteiger partial charge in [0.25, 0.3) is 0 Å². The predicted molar refractivity (Wildman–Crippen MR) is 54.1 cm³/mol. The Balaban J connectivity index is 2.43. The minimum absolute atomic E-state index is 0.493. The number of nitrogens with zero attached hydrogens (tertiary/aromatic N) is 2. The van der Waals surface area contributed by atoms with Crippen molar-refractivity contribution in [2.45, 2.75) is 13.3 Å². The molecule has 0 radical (unpaired) electrons. The SMILES string of the molecule is CCOc1ccc(NCCC#N)cn1. The Morgan fingerprint density at radius 3 is 3.00 bits per heavy atom. The summed E-state index contributed by atoms with van der Waals surface area (Å²) >= 11 is 0. The van der Waals surface area contributed by atoms with Gasteiger partial charge in [0.1, 0.15) is 0 Å². The van der Waals surface area contributed by atoms with E-state index in [1.165, 1.54) is 0 Å². The number of aromatic nitrogens is 1. The molecule has 0 saturated heterocycles. The summed E-state index contributed by atoms with van der Waals surface area (Å²) in [7, 11) is 0. The molecule has 0 atom stereocenters. The molecule has 0 aliphatic carbocycles. The van der Waals surface area contributed by atoms with E-state index in [9.17, 15) is 0 Å². The first-order chi connectivity index (χ1) is 6.86. The van der Waals surface area contributed by atoms with E-state index >= 15 is 0 Å². The summed E-state index contributed by atoms with van der Waals surface area (Å²) in [6, 6.07) is 5.75. The van der Waals surface area contributed by atoms with E-state index < -0.39 is 0 Å². The lowest BCUT2D eigenvalue weighted by Crippen LogP contribution is -2.01. The zero-order valence-electron chi connectivity index (χ0n) is 8.16. The zero-order chi connectivity index (χ0) is 10.2. The van der Waals surface area contributed by atoms with E-state index in [4.69, 9.17) is 10.00 Å². The highest BCUT2D eigenvalue weighted by Gasteiger charge is 1.94. The summed E-state index contributed by atoms with van der Waals surface area (Å²) in [5.41, 5.74) is 0.906. The van der Waals surface area contributed by atoms with E-state index in [1.54, 1.807) is 12.3 Å². The molecule has 0 bridgehead atoms. The van der Waals surface area contributed by atoms with Crippen molar-refractivity contribution in [3.8, 4) is 11.9 Å². The smallest absolute Gasteiger partial charge is 0.213 e. The topological polar surface area (TPSA) is 57.9 Å². The van der Waals surface area contributed by atoms with E-state index in [2.05, 4.69) is 16.4 Å². The van der Waals surface area contributed by atoms with Gasteiger partial charge in [-0.2, -0.15) is 5.26 Å². The fraction of sp³-hybridized carbons (Fsp3) is 0.400. The Morgan fingerprint density at radius 2 is 2.43 bits per heavy atom. The van der Waals surface area contributed by atoms with Gasteiger partial charge in [-0.1, -0.05) is 0 Å². The molecule has 1 rings (SSSR count). The average Bonchev–Trinajstić information content (AvgIpc) is 2.21. The van der Waals surface area contributed by atoms with Crippen LogP contribution >= 0.6 is 0 Å². The van der Waals surface area contributed by atoms with Crippen molar-refractivity contribution < 1.29 is 4.74 Å². The second-order valence-electron chi connectivity index (χ2n) is 2.65. The van der Waals surface area contributed by atoms with Crippen LogP contribution in [-0.2, 0) is 0 Å². The summed E-state index contributed by atoms with van der Waals surface area (Å²) in [5, 5.41) is 11.4. The number of nitriles is 1. The van der Waals surface area contributed by atoms with Crippen LogP contribution < -0.4 is 10.1 Å². The van der Waals surface area contributed by atoms with Gasteiger partial charge in [-0.05, 0) is 13.0 Å². The maximum atomic E-state index is 8.33. The van der Waals surface area contributed by atoms with Gasteiger partial charge in [0, 0.05) is 12.6 Å². The molecule has 1 aromatic heterocycles. The predicted octanol–water partition coefficient (Wildman–Crippen LogP) is 1.81. The third-order valence-electron chi connectivity index (χ3n) is 1.59. The lowest BCUT2D eigenvalue weighted by molar-refractivity contribution is 0.327. The molecule has 1 aromatic rings. The third kappa shape index (κ3) is 3.31. The standard InChI is InChI=1S/C10H13N3O/c1-2-14-10-5-4-9(8-13-10)12-7-3-6-11/h4-5,8,12H,2-3,7H2,1H3. The van der Waals surface area contributed by atoms with Crippen LogP contribution in [-0.4, -0.2) is 18.1 Å². The lowest BCUT2D eigenvalue weighted by Gasteiger charge is -2.04. The molecule has 1 N–H and O–H groups in total. The maximum absolute atomic E-state index is 8.33. The summed E-state index contributed by atoms with van der Waals surface area (Å²) in [4.78, 5) is 4.08. The molecule has 0 aliphatic rings. The molecule has 0 fully saturated rings. The first-order valence-corrected chi connectivity index (χ1v) is 4.56. The van der Waals surface area contributed by atoms with Crippen LogP contribution in [0.15, 0.2) is 18.3 Å². The second-order valence-corrected chi connectivity index (χ2v) is 2.65. The lowest BCUT2D eigenvalue weighted by atomic mass is 10.4. The van der Waals surface area contributed by atoms with Gasteiger partial charge in [-0.25, -0.2) is 4.98 Å². The Labute approximate surface area is 83.5 Å². The van der Waals surface area contributed by atoms with Gasteiger partial charge in [-0.3, -0.25) is 0 Å². The quantitative estimate of drug-likeness (QED) is 0.721. The number of anilines is 1. The number of hydrogen-bond donors (Lipinski definition) is 1. The molecule has 4 heteroatoms. The number of pyridine rings is 1. The summed E-state index contributed by atoms with van der Waals surface area (Å²) in [6.07, 6.45) is 2.19. The molecule has 0 spiro atoms. The number of rotatable bonds is 5. The van der Waals surface area contributed by atoms with Crippen LogP contribution in [0, 0.1) is 11.3 Å². The molecular formula is C10H13N3O. The third-order valence-corrected chi connectivity index (χ3v) is 1.59. The van der Waals surface area contributed by atoms with Crippen molar-refractivity contribution in [1.82, 2.24) is 4.98 Å². The van der Waals surface area contributed by atoms with Gasteiger partial charge in [0.2, 0.25) is 5.88 Å². The van der Waals surface area contributed by atoms with Crippen molar-refractivity contribution in [1.29, 1.82) is 5.26 Å². The van der Waals surface area contributed by atoms with Crippen LogP contribution in [0.4, 0.5) is 5.69 Å². The normalized spacial score (nSPS) is 9.14. The van der Waals surface area contributed by atoms with Crippen LogP contribution in [0.5, 0.6) is 5.88 Å². The van der Waals surface area contributed by atoms with Crippen molar-refractivity contribution in [3.63, 3.8) is 0 Å². The highest BCUT2D eigenvalue weighted by atomic mass is 16.5. The largest absolute Gasteiger partial charge is 0.478 e. The molecule has 4 nitrogen and oxygen atoms in total. The van der Waals surface area contributed by atoms with Crippen molar-refractivity contribution >= 4 is 5.69 Å². The maximum Gasteiger partial charge on any atom is 0.213 e. The van der Waals surface area contributed by atoms with Gasteiger partial charge in [0.05, 0.1) is 31.0 Å². The van der Waals surface area contributed by atoms with E-state index in [0.717, 1.165) is 5.69 Å². The number of hydrogen-bond acceptors (Lipinski definition) is 4. The fourth-order valence-corrected chi connectivity index (χ4v) is 0.981. The average molecular weight is 191 g/mol. The molecule has 0 aromatic carbocycles. The van der Waals surface area contributed by atoms with Crippen molar-refractivity contribution in [3.05, 3.63) is 18.3 Å². The van der Waals surface area contributed by atoms with Crippen LogP contribution in [0.2, 0.25) is 0 Å². The first kappa shape index (κ1) is 10.3. The monoisotopic (exact) mass is 191 g/mol. The van der Waals surface area contributed by atoms with Crippen LogP contribution in [0.25, 0.3) is 0 Å². The molecule has 1 heterocycles. The second kappa shape index (κ2) is 5.81. The van der Waals surface area contributed by atoms with Gasteiger partial charge < -0.3 is 10.1 Å². The first-order valence-electron chi connectivity index (χ1n) is 4.56. The Morgan fingerprint density at radius 1 is 1.57 bits per heavy atom. The Bertz CT molecular complexity index is 302. The molecule has 0 unspecified atom stereocenters. The van der Waals surface area contributed by atoms with Crippen LogP contribution in [0.3, 0.4) is 0 Å². The summed E-state index contributed by atoms with van der Waals surface area (Å²) in [5.74, 6) is 0.623. The van der Waals surface area contributed by atoms with Crippen LogP contribution in [0.1, 0.15) is 13.3 Å². The summed E-state index contributed by atoms with van der Waals surface area (Å²) < 4.78 is 5.20. The molecule has 14 heavy (non-hydrogen) atoms. The van der Waals surface area contributed by atoms with E-state index in [0.29, 0.717) is 25.5 Å². The summed E-state index contributed by atoms with van der Waals surface area (Å²) in [6.45, 7) is 3.18. The fourth-order valence-electron chi connectivity index (χ4n) is 0.981. The number of ether oxygens (including phenoxy) is 1. The Kier molecular flexibility index (Phi) is 4.29. The molecule has 0 amide bonds. The van der Waals surface area contributed by atoms with Crippen molar-refractivity contribution in [2.24, 2.45) is 0 Å². The highest BCUT2D eigenvalue weighted by Crippen LogP contribution is 2.10. The molecule has 0 aliphatic heterocycles. The van der Waals surface area contributed by atoms with E-state index in [1.807, 2.05) is 13.0 Å². The molecular weight excluding hydrogens is 178 g/mol. The van der Waals surface area contributed by atoms with E-state index in [-0.39, 0.29) is 0 Å². The minimum atomic E-state index is 0.493. The highest BCUT2D eigenvalue weighted by molar-refractivity contribution is 5.41. The number of nitrogens with one attached hydrogen (secondary N) is 1. The van der Waals surface area contributed by atoms with Gasteiger partial charge >= 0.3 is 0 Å². The molecule has 0 saturated carbocycles. The van der Waals surface area contributed by atoms with Gasteiger partial charge in [-0.15, -0.1) is 0 Å².